The first-order valence-electron chi connectivity index (χ1n) is 9.46. The van der Waals surface area contributed by atoms with Crippen molar-refractivity contribution in [2.75, 3.05) is 13.1 Å². The lowest BCUT2D eigenvalue weighted by Crippen LogP contribution is -2.28. The van der Waals surface area contributed by atoms with Gasteiger partial charge >= 0.3 is 0 Å². The smallest absolute Gasteiger partial charge is 0.267 e. The minimum Gasteiger partial charge on any atom is -0.267 e. The maximum Gasteiger partial charge on any atom is 0.271 e. The van der Waals surface area contributed by atoms with Gasteiger partial charge in [0.1, 0.15) is 0 Å². The Balaban J connectivity index is 1.78. The van der Waals surface area contributed by atoms with Crippen LogP contribution in [-0.4, -0.2) is 37.4 Å². The molecule has 7 heteroatoms. The predicted molar refractivity (Wildman–Crippen MR) is 110 cm³/mol. The summed E-state index contributed by atoms with van der Waals surface area (Å²) in [4.78, 5) is 12.7. The summed E-state index contributed by atoms with van der Waals surface area (Å²) in [5.41, 5.74) is 5.67. The van der Waals surface area contributed by atoms with Gasteiger partial charge in [0.15, 0.2) is 0 Å². The van der Waals surface area contributed by atoms with E-state index in [1.54, 1.807) is 12.1 Å². The van der Waals surface area contributed by atoms with E-state index in [0.717, 1.165) is 29.7 Å². The van der Waals surface area contributed by atoms with Crippen LogP contribution in [0.2, 0.25) is 0 Å². The predicted octanol–water partition coefficient (Wildman–Crippen LogP) is 3.32. The topological polar surface area (TPSA) is 78.8 Å². The number of hydrazone groups is 1. The summed E-state index contributed by atoms with van der Waals surface area (Å²) in [5.74, 6) is -0.434. The second kappa shape index (κ2) is 8.67. The van der Waals surface area contributed by atoms with Crippen molar-refractivity contribution in [3.8, 4) is 0 Å². The number of hydrogen-bond acceptors (Lipinski definition) is 4. The highest BCUT2D eigenvalue weighted by atomic mass is 32.2. The van der Waals surface area contributed by atoms with Gasteiger partial charge in [-0.25, -0.2) is 13.8 Å². The van der Waals surface area contributed by atoms with Gasteiger partial charge in [-0.15, -0.1) is 0 Å². The van der Waals surface area contributed by atoms with E-state index in [9.17, 15) is 13.2 Å². The Morgan fingerprint density at radius 1 is 1.07 bits per heavy atom. The summed E-state index contributed by atoms with van der Waals surface area (Å²) < 4.78 is 26.9. The molecule has 0 aromatic heterocycles. The normalized spacial score (nSPS) is 15.6. The van der Waals surface area contributed by atoms with Crippen LogP contribution >= 0.6 is 0 Å². The lowest BCUT2D eigenvalue weighted by Gasteiger charge is -2.15. The van der Waals surface area contributed by atoms with E-state index in [4.69, 9.17) is 0 Å². The maximum absolute atomic E-state index is 12.7. The van der Waals surface area contributed by atoms with Crippen LogP contribution in [-0.2, 0) is 10.0 Å². The molecule has 6 nitrogen and oxygen atoms in total. The van der Waals surface area contributed by atoms with Crippen LogP contribution in [0, 0.1) is 6.92 Å². The molecule has 1 saturated heterocycles. The zero-order valence-corrected chi connectivity index (χ0v) is 17.0. The molecular weight excluding hydrogens is 374 g/mol. The molecule has 0 atom stereocenters. The van der Waals surface area contributed by atoms with E-state index in [2.05, 4.69) is 10.5 Å². The zero-order chi connectivity index (χ0) is 20.1. The summed E-state index contributed by atoms with van der Waals surface area (Å²) in [6, 6.07) is 14.0. The number of hydrogen-bond donors (Lipinski definition) is 1. The summed E-state index contributed by atoms with van der Waals surface area (Å²) in [6.45, 7) is 5.03. The van der Waals surface area contributed by atoms with Crippen LogP contribution in [0.3, 0.4) is 0 Å². The Morgan fingerprint density at radius 3 is 2.39 bits per heavy atom. The molecule has 148 valence electrons. The minimum atomic E-state index is -3.56. The highest BCUT2D eigenvalue weighted by Gasteiger charge is 2.27. The summed E-state index contributed by atoms with van der Waals surface area (Å²) in [7, 11) is -3.56. The van der Waals surface area contributed by atoms with E-state index < -0.39 is 15.9 Å². The first-order valence-corrected chi connectivity index (χ1v) is 10.9. The maximum atomic E-state index is 12.7. The molecule has 1 amide bonds. The van der Waals surface area contributed by atoms with Crippen molar-refractivity contribution in [2.45, 2.75) is 38.0 Å². The Bertz CT molecular complexity index is 976. The number of carbonyl (C=O) groups excluding carboxylic acids is 1. The quantitative estimate of drug-likeness (QED) is 0.598. The van der Waals surface area contributed by atoms with Crippen molar-refractivity contribution < 1.29 is 13.2 Å². The highest BCUT2D eigenvalue weighted by Crippen LogP contribution is 2.21. The number of nitrogens with one attached hydrogen (secondary N) is 1. The van der Waals surface area contributed by atoms with Crippen molar-refractivity contribution in [2.24, 2.45) is 5.10 Å². The average molecular weight is 400 g/mol. The fourth-order valence-electron chi connectivity index (χ4n) is 3.15. The largest absolute Gasteiger partial charge is 0.271 e. The van der Waals surface area contributed by atoms with Gasteiger partial charge < -0.3 is 0 Å². The van der Waals surface area contributed by atoms with Gasteiger partial charge in [0.2, 0.25) is 10.0 Å². The van der Waals surface area contributed by atoms with Crippen LogP contribution in [0.4, 0.5) is 0 Å². The van der Waals surface area contributed by atoms with Gasteiger partial charge in [0, 0.05) is 18.7 Å². The third-order valence-electron chi connectivity index (χ3n) is 4.81. The number of sulfonamides is 1. The summed E-state index contributed by atoms with van der Waals surface area (Å²) in [5, 5.41) is 4.24. The Kier molecular flexibility index (Phi) is 6.26. The second-order valence-electron chi connectivity index (χ2n) is 6.86. The number of amides is 1. The monoisotopic (exact) mass is 399 g/mol. The molecule has 1 fully saturated rings. The minimum absolute atomic E-state index is 0.139. The van der Waals surface area contributed by atoms with E-state index in [1.165, 1.54) is 16.4 Å². The molecule has 1 N–H and O–H groups in total. The van der Waals surface area contributed by atoms with Crippen LogP contribution < -0.4 is 5.43 Å². The van der Waals surface area contributed by atoms with Crippen molar-refractivity contribution in [3.05, 3.63) is 65.2 Å². The van der Waals surface area contributed by atoms with Crippen molar-refractivity contribution in [1.82, 2.24) is 9.73 Å². The number of nitrogens with zero attached hydrogens (tertiary/aromatic N) is 2. The van der Waals surface area contributed by atoms with E-state index in [0.29, 0.717) is 19.5 Å². The third kappa shape index (κ3) is 4.48. The van der Waals surface area contributed by atoms with Crippen molar-refractivity contribution >= 4 is 21.6 Å². The number of rotatable bonds is 6. The standard InChI is InChI=1S/C21H25N3O3S/c1-3-20(17-11-9-16(2)10-12-17)22-23-21(25)18-7-6-8-19(15-18)28(26,27)24-13-4-5-14-24/h6-12,15H,3-5,13-14H2,1-2H3,(H,23,25)/b22-20-. The zero-order valence-electron chi connectivity index (χ0n) is 16.2. The first-order chi connectivity index (χ1) is 13.4. The van der Waals surface area contributed by atoms with E-state index in [-0.39, 0.29) is 10.5 Å². The molecule has 0 bridgehead atoms. The van der Waals surface area contributed by atoms with Crippen molar-refractivity contribution in [3.63, 3.8) is 0 Å². The molecule has 0 unspecified atom stereocenters. The highest BCUT2D eigenvalue weighted by molar-refractivity contribution is 7.89. The first kappa shape index (κ1) is 20.2. The van der Waals surface area contributed by atoms with Gasteiger partial charge in [-0.2, -0.15) is 9.41 Å². The molecule has 2 aromatic rings. The fraction of sp³-hybridized carbons (Fsp3) is 0.333. The van der Waals surface area contributed by atoms with Crippen LogP contribution in [0.25, 0.3) is 0 Å². The second-order valence-corrected chi connectivity index (χ2v) is 8.80. The Labute approximate surface area is 166 Å². The molecule has 3 rings (SSSR count). The van der Waals surface area contributed by atoms with Gasteiger partial charge in [-0.3, -0.25) is 4.79 Å². The Morgan fingerprint density at radius 2 is 1.75 bits per heavy atom. The van der Waals surface area contributed by atoms with Crippen LogP contribution in [0.15, 0.2) is 58.5 Å². The number of benzene rings is 2. The molecule has 28 heavy (non-hydrogen) atoms. The summed E-state index contributed by atoms with van der Waals surface area (Å²) in [6.07, 6.45) is 2.40. The SMILES string of the molecule is CC/C(=N/NC(=O)c1cccc(S(=O)(=O)N2CCCC2)c1)c1ccc(C)cc1. The fourth-order valence-corrected chi connectivity index (χ4v) is 4.72. The van der Waals surface area contributed by atoms with Gasteiger partial charge in [-0.1, -0.05) is 42.8 Å². The molecular formula is C21H25N3O3S. The molecule has 0 saturated carbocycles. The Hall–Kier alpha value is -2.51. The third-order valence-corrected chi connectivity index (χ3v) is 6.71. The van der Waals surface area contributed by atoms with E-state index >= 15 is 0 Å². The lowest BCUT2D eigenvalue weighted by atomic mass is 10.1. The van der Waals surface area contributed by atoms with Gasteiger partial charge in [-0.05, 0) is 49.9 Å². The molecule has 2 aromatic carbocycles. The average Bonchev–Trinajstić information content (AvgIpc) is 3.25. The van der Waals surface area contributed by atoms with E-state index in [1.807, 2.05) is 38.1 Å². The summed E-state index contributed by atoms with van der Waals surface area (Å²) >= 11 is 0. The van der Waals surface area contributed by atoms with Gasteiger partial charge in [0.25, 0.3) is 5.91 Å². The van der Waals surface area contributed by atoms with Crippen LogP contribution in [0.5, 0.6) is 0 Å². The molecule has 1 aliphatic rings. The number of carbonyl (C=O) groups is 1. The van der Waals surface area contributed by atoms with Gasteiger partial charge in [0.05, 0.1) is 10.6 Å². The van der Waals surface area contributed by atoms with Crippen molar-refractivity contribution in [1.29, 1.82) is 0 Å². The molecule has 1 aliphatic heterocycles. The lowest BCUT2D eigenvalue weighted by molar-refractivity contribution is 0.0954. The number of aryl methyl sites for hydroxylation is 1. The molecule has 0 aliphatic carbocycles. The molecule has 1 heterocycles. The molecule has 0 spiro atoms. The van der Waals surface area contributed by atoms with Crippen LogP contribution in [0.1, 0.15) is 47.7 Å². The molecule has 0 radical (unpaired) electrons.